The predicted octanol–water partition coefficient (Wildman–Crippen LogP) is 4.74. The molecule has 0 bridgehead atoms. The van der Waals surface area contributed by atoms with Crippen LogP contribution in [0.25, 0.3) is 11.3 Å². The molecule has 0 aliphatic heterocycles. The molecular weight excluding hydrogens is 371 g/mol. The molecule has 1 aromatic heterocycles. The molecule has 1 amide bonds. The van der Waals surface area contributed by atoms with Crippen molar-refractivity contribution in [1.82, 2.24) is 4.98 Å². The molecule has 0 atom stereocenters. The number of benzene rings is 1. The fourth-order valence-corrected chi connectivity index (χ4v) is 2.91. The molecule has 1 aromatic carbocycles. The van der Waals surface area contributed by atoms with Gasteiger partial charge in [0.25, 0.3) is 0 Å². The van der Waals surface area contributed by atoms with Gasteiger partial charge in [-0.3, -0.25) is 5.32 Å². The van der Waals surface area contributed by atoms with E-state index in [9.17, 15) is 14.0 Å². The molecule has 0 fully saturated rings. The molecular formula is C16H16ClFN2O4S. The van der Waals surface area contributed by atoms with Crippen molar-refractivity contribution in [2.24, 2.45) is 0 Å². The van der Waals surface area contributed by atoms with Crippen LogP contribution in [0.2, 0.25) is 5.02 Å². The van der Waals surface area contributed by atoms with Crippen LogP contribution in [0.4, 0.5) is 14.3 Å². The van der Waals surface area contributed by atoms with Crippen molar-refractivity contribution in [1.29, 1.82) is 0 Å². The van der Waals surface area contributed by atoms with Crippen LogP contribution in [0.15, 0.2) is 18.2 Å². The van der Waals surface area contributed by atoms with Crippen molar-refractivity contribution in [3.8, 4) is 11.3 Å². The predicted molar refractivity (Wildman–Crippen MR) is 93.7 cm³/mol. The van der Waals surface area contributed by atoms with E-state index in [2.05, 4.69) is 10.3 Å². The van der Waals surface area contributed by atoms with Gasteiger partial charge in [-0.1, -0.05) is 22.9 Å². The second-order valence-electron chi connectivity index (χ2n) is 5.94. The van der Waals surface area contributed by atoms with Gasteiger partial charge in [0.05, 0.1) is 17.8 Å². The van der Waals surface area contributed by atoms with Gasteiger partial charge < -0.3 is 9.47 Å². The molecule has 1 heterocycles. The molecule has 0 spiro atoms. The number of rotatable bonds is 3. The minimum absolute atomic E-state index is 0.108. The zero-order valence-corrected chi connectivity index (χ0v) is 15.5. The average Bonchev–Trinajstić information content (AvgIpc) is 2.91. The highest BCUT2D eigenvalue weighted by Gasteiger charge is 2.23. The fourth-order valence-electron chi connectivity index (χ4n) is 1.83. The lowest BCUT2D eigenvalue weighted by atomic mass is 10.1. The van der Waals surface area contributed by atoms with Crippen LogP contribution in [0, 0.1) is 5.82 Å². The summed E-state index contributed by atoms with van der Waals surface area (Å²) in [5.41, 5.74) is -0.0371. The Morgan fingerprint density at radius 1 is 1.32 bits per heavy atom. The topological polar surface area (TPSA) is 77.5 Å². The number of halogens is 2. The van der Waals surface area contributed by atoms with Crippen LogP contribution in [0.3, 0.4) is 0 Å². The number of anilines is 1. The van der Waals surface area contributed by atoms with Crippen molar-refractivity contribution in [2.75, 3.05) is 12.4 Å². The second-order valence-corrected chi connectivity index (χ2v) is 7.35. The minimum atomic E-state index is -0.707. The number of amides is 1. The van der Waals surface area contributed by atoms with E-state index in [1.165, 1.54) is 25.3 Å². The number of aromatic nitrogens is 1. The number of ether oxygens (including phenoxy) is 2. The van der Waals surface area contributed by atoms with Gasteiger partial charge in [0.1, 0.15) is 16.3 Å². The minimum Gasteiger partial charge on any atom is -0.465 e. The third kappa shape index (κ3) is 4.90. The highest BCUT2D eigenvalue weighted by Crippen LogP contribution is 2.33. The Kier molecular flexibility index (Phi) is 5.64. The molecule has 0 aliphatic carbocycles. The summed E-state index contributed by atoms with van der Waals surface area (Å²) in [4.78, 5) is 28.2. The highest BCUT2D eigenvalue weighted by atomic mass is 35.5. The summed E-state index contributed by atoms with van der Waals surface area (Å²) in [6.45, 7) is 5.17. The zero-order chi connectivity index (χ0) is 18.8. The lowest BCUT2D eigenvalue weighted by molar-refractivity contribution is 0.0603. The Morgan fingerprint density at radius 2 is 2.00 bits per heavy atom. The lowest BCUT2D eigenvalue weighted by Crippen LogP contribution is -2.27. The summed E-state index contributed by atoms with van der Waals surface area (Å²) < 4.78 is 23.2. The Hall–Kier alpha value is -2.19. The summed E-state index contributed by atoms with van der Waals surface area (Å²) in [5.74, 6) is -1.22. The van der Waals surface area contributed by atoms with Gasteiger partial charge in [-0.15, -0.1) is 0 Å². The first-order valence-electron chi connectivity index (χ1n) is 7.15. The molecule has 2 aromatic rings. The maximum absolute atomic E-state index is 13.4. The molecule has 0 saturated carbocycles. The first kappa shape index (κ1) is 19.1. The molecule has 0 unspecified atom stereocenters. The van der Waals surface area contributed by atoms with Crippen LogP contribution in [-0.2, 0) is 9.47 Å². The standard InChI is InChI=1S/C16H16ClFN2O4S/c1-16(2,3)24-15(22)20-14-19-11(12(25-14)13(21)23-4)8-5-6-10(18)9(17)7-8/h5-7H,1-4H3,(H,19,20,22). The molecule has 134 valence electrons. The molecule has 25 heavy (non-hydrogen) atoms. The molecule has 2 rings (SSSR count). The van der Waals surface area contributed by atoms with Gasteiger partial charge >= 0.3 is 12.1 Å². The van der Waals surface area contributed by atoms with Crippen molar-refractivity contribution in [3.63, 3.8) is 0 Å². The van der Waals surface area contributed by atoms with E-state index in [1.54, 1.807) is 20.8 Å². The Morgan fingerprint density at radius 3 is 2.56 bits per heavy atom. The van der Waals surface area contributed by atoms with Crippen LogP contribution in [-0.4, -0.2) is 29.8 Å². The second kappa shape index (κ2) is 7.37. The quantitative estimate of drug-likeness (QED) is 0.771. The first-order chi connectivity index (χ1) is 11.6. The van der Waals surface area contributed by atoms with Gasteiger partial charge in [-0.05, 0) is 39.0 Å². The monoisotopic (exact) mass is 386 g/mol. The zero-order valence-electron chi connectivity index (χ0n) is 14.0. The van der Waals surface area contributed by atoms with Crippen LogP contribution < -0.4 is 5.32 Å². The number of thiazole rings is 1. The summed E-state index contributed by atoms with van der Waals surface area (Å²) in [6.07, 6.45) is -0.707. The van der Waals surface area contributed by atoms with Gasteiger partial charge in [-0.25, -0.2) is 19.0 Å². The van der Waals surface area contributed by atoms with Crippen LogP contribution >= 0.6 is 22.9 Å². The normalized spacial score (nSPS) is 11.1. The van der Waals surface area contributed by atoms with Crippen molar-refractivity contribution < 1.29 is 23.5 Å². The number of nitrogens with one attached hydrogen (secondary N) is 1. The molecule has 0 aliphatic rings. The van der Waals surface area contributed by atoms with E-state index >= 15 is 0 Å². The Balaban J connectivity index is 2.38. The number of carbonyl (C=O) groups excluding carboxylic acids is 2. The molecule has 1 N–H and O–H groups in total. The largest absolute Gasteiger partial charge is 0.465 e. The molecule has 9 heteroatoms. The first-order valence-corrected chi connectivity index (χ1v) is 8.34. The number of nitrogens with zero attached hydrogens (tertiary/aromatic N) is 1. The number of methoxy groups -OCH3 is 1. The van der Waals surface area contributed by atoms with E-state index in [0.717, 1.165) is 11.3 Å². The Labute approximate surface area is 152 Å². The highest BCUT2D eigenvalue weighted by molar-refractivity contribution is 7.18. The van der Waals surface area contributed by atoms with Gasteiger partial charge in [-0.2, -0.15) is 0 Å². The van der Waals surface area contributed by atoms with E-state index in [0.29, 0.717) is 5.56 Å². The van der Waals surface area contributed by atoms with E-state index < -0.39 is 23.5 Å². The average molecular weight is 387 g/mol. The van der Waals surface area contributed by atoms with Crippen molar-refractivity contribution >= 4 is 40.1 Å². The third-order valence-corrected chi connectivity index (χ3v) is 4.04. The van der Waals surface area contributed by atoms with Gasteiger partial charge in [0.2, 0.25) is 0 Å². The van der Waals surface area contributed by atoms with E-state index in [-0.39, 0.29) is 20.7 Å². The fraction of sp³-hybridized carbons (Fsp3) is 0.312. The van der Waals surface area contributed by atoms with Crippen molar-refractivity contribution in [2.45, 2.75) is 26.4 Å². The number of esters is 1. The third-order valence-electron chi connectivity index (χ3n) is 2.80. The number of carbonyl (C=O) groups is 2. The smallest absolute Gasteiger partial charge is 0.413 e. The van der Waals surface area contributed by atoms with Gasteiger partial charge in [0.15, 0.2) is 5.13 Å². The number of hydrogen-bond donors (Lipinski definition) is 1. The van der Waals surface area contributed by atoms with E-state index in [1.807, 2.05) is 0 Å². The molecule has 0 radical (unpaired) electrons. The summed E-state index contributed by atoms with van der Waals surface area (Å²) in [6, 6.07) is 3.94. The number of hydrogen-bond acceptors (Lipinski definition) is 6. The lowest BCUT2D eigenvalue weighted by Gasteiger charge is -2.18. The SMILES string of the molecule is COC(=O)c1sc(NC(=O)OC(C)(C)C)nc1-c1ccc(F)c(Cl)c1. The van der Waals surface area contributed by atoms with Crippen molar-refractivity contribution in [3.05, 3.63) is 33.9 Å². The molecule has 6 nitrogen and oxygen atoms in total. The maximum atomic E-state index is 13.4. The molecule has 0 saturated heterocycles. The Bertz CT molecular complexity index is 817. The summed E-state index contributed by atoms with van der Waals surface area (Å²) >= 11 is 6.70. The van der Waals surface area contributed by atoms with Gasteiger partial charge in [0, 0.05) is 5.56 Å². The van der Waals surface area contributed by atoms with E-state index in [4.69, 9.17) is 21.1 Å². The van der Waals surface area contributed by atoms with Crippen LogP contribution in [0.1, 0.15) is 30.4 Å². The summed E-state index contributed by atoms with van der Waals surface area (Å²) in [5, 5.41) is 2.50. The summed E-state index contributed by atoms with van der Waals surface area (Å²) in [7, 11) is 1.23. The maximum Gasteiger partial charge on any atom is 0.413 e. The van der Waals surface area contributed by atoms with Crippen LogP contribution in [0.5, 0.6) is 0 Å².